The van der Waals surface area contributed by atoms with E-state index in [2.05, 4.69) is 0 Å². The molecule has 2 rings (SSSR count). The summed E-state index contributed by atoms with van der Waals surface area (Å²) in [4.78, 5) is 0. The van der Waals surface area contributed by atoms with E-state index in [1.165, 1.54) is 5.56 Å². The molecule has 0 aliphatic heterocycles. The molecule has 0 fully saturated rings. The van der Waals surface area contributed by atoms with Crippen LogP contribution in [0, 0.1) is 5.82 Å². The minimum Gasteiger partial charge on any atom is -0.396 e. The van der Waals surface area contributed by atoms with Crippen LogP contribution in [0.15, 0.2) is 12.1 Å². The zero-order valence-electron chi connectivity index (χ0n) is 8.22. The number of fused-ring (bicyclic) bond motifs is 1. The normalized spacial score (nSPS) is 14.4. The van der Waals surface area contributed by atoms with Gasteiger partial charge in [0.05, 0.1) is 0 Å². The molecular weight excluding hydrogens is 179 g/mol. The number of aryl methyl sites for hydroxylation is 2. The second-order valence-corrected chi connectivity index (χ2v) is 3.86. The lowest BCUT2D eigenvalue weighted by molar-refractivity contribution is 0.288. The average molecular weight is 194 g/mol. The molecule has 1 aromatic carbocycles. The van der Waals surface area contributed by atoms with Crippen LogP contribution in [-0.2, 0) is 19.3 Å². The number of hydrogen-bond donors (Lipinski definition) is 1. The summed E-state index contributed by atoms with van der Waals surface area (Å²) in [6, 6.07) is 3.91. The molecule has 0 bridgehead atoms. The third kappa shape index (κ3) is 1.67. The third-order valence-electron chi connectivity index (χ3n) is 2.90. The predicted molar refractivity (Wildman–Crippen MR) is 53.8 cm³/mol. The van der Waals surface area contributed by atoms with E-state index in [-0.39, 0.29) is 12.4 Å². The van der Waals surface area contributed by atoms with Gasteiger partial charge >= 0.3 is 0 Å². The summed E-state index contributed by atoms with van der Waals surface area (Å²) < 4.78 is 13.8. The molecule has 0 radical (unpaired) electrons. The molecule has 1 aliphatic rings. The standard InChI is InChI=1S/C12H15FO/c13-12-10(4-2-8-14)7-6-9-3-1-5-11(9)12/h6-7,14H,1-5,8H2. The van der Waals surface area contributed by atoms with E-state index in [9.17, 15) is 4.39 Å². The molecule has 0 atom stereocenters. The minimum absolute atomic E-state index is 0.0200. The fourth-order valence-corrected chi connectivity index (χ4v) is 2.13. The van der Waals surface area contributed by atoms with Gasteiger partial charge in [-0.1, -0.05) is 12.1 Å². The topological polar surface area (TPSA) is 20.2 Å². The monoisotopic (exact) mass is 194 g/mol. The summed E-state index contributed by atoms with van der Waals surface area (Å²) in [5.74, 6) is -0.0200. The SMILES string of the molecule is OCCCc1ccc2c(c1F)CCC2. The van der Waals surface area contributed by atoms with Crippen molar-refractivity contribution < 1.29 is 9.50 Å². The molecule has 1 N–H and O–H groups in total. The van der Waals surface area contributed by atoms with Crippen molar-refractivity contribution in [3.8, 4) is 0 Å². The van der Waals surface area contributed by atoms with Crippen molar-refractivity contribution in [1.82, 2.24) is 0 Å². The van der Waals surface area contributed by atoms with Crippen LogP contribution >= 0.6 is 0 Å². The maximum atomic E-state index is 13.8. The quantitative estimate of drug-likeness (QED) is 0.782. The number of aliphatic hydroxyl groups is 1. The average Bonchev–Trinajstić information content (AvgIpc) is 2.66. The number of rotatable bonds is 3. The van der Waals surface area contributed by atoms with Gasteiger partial charge in [0.15, 0.2) is 0 Å². The Morgan fingerprint density at radius 3 is 2.93 bits per heavy atom. The second-order valence-electron chi connectivity index (χ2n) is 3.86. The molecule has 2 heteroatoms. The van der Waals surface area contributed by atoms with E-state index >= 15 is 0 Å². The predicted octanol–water partition coefficient (Wildman–Crippen LogP) is 2.24. The minimum atomic E-state index is -0.0200. The van der Waals surface area contributed by atoms with Crippen molar-refractivity contribution in [2.24, 2.45) is 0 Å². The molecule has 0 amide bonds. The van der Waals surface area contributed by atoms with Crippen molar-refractivity contribution in [2.45, 2.75) is 32.1 Å². The highest BCUT2D eigenvalue weighted by molar-refractivity contribution is 5.37. The number of aliphatic hydroxyl groups excluding tert-OH is 1. The molecule has 76 valence electrons. The molecular formula is C12H15FO. The Morgan fingerprint density at radius 1 is 1.29 bits per heavy atom. The van der Waals surface area contributed by atoms with Gasteiger partial charge in [0.2, 0.25) is 0 Å². The van der Waals surface area contributed by atoms with Gasteiger partial charge in [0, 0.05) is 6.61 Å². The van der Waals surface area contributed by atoms with Gasteiger partial charge in [-0.3, -0.25) is 0 Å². The largest absolute Gasteiger partial charge is 0.396 e. The summed E-state index contributed by atoms with van der Waals surface area (Å²) in [6.45, 7) is 0.135. The van der Waals surface area contributed by atoms with Gasteiger partial charge in [-0.25, -0.2) is 4.39 Å². The molecule has 1 nitrogen and oxygen atoms in total. The summed E-state index contributed by atoms with van der Waals surface area (Å²) in [5, 5.41) is 8.69. The van der Waals surface area contributed by atoms with E-state index < -0.39 is 0 Å². The van der Waals surface area contributed by atoms with Crippen LogP contribution in [0.3, 0.4) is 0 Å². The van der Waals surface area contributed by atoms with Gasteiger partial charge in [0.1, 0.15) is 5.82 Å². The molecule has 0 spiro atoms. The van der Waals surface area contributed by atoms with Crippen molar-refractivity contribution in [1.29, 1.82) is 0 Å². The Bertz CT molecular complexity index is 333. The molecule has 14 heavy (non-hydrogen) atoms. The lowest BCUT2D eigenvalue weighted by Crippen LogP contribution is -1.98. The highest BCUT2D eigenvalue weighted by Gasteiger charge is 2.17. The Hall–Kier alpha value is -0.890. The lowest BCUT2D eigenvalue weighted by Gasteiger charge is -2.06. The van der Waals surface area contributed by atoms with Crippen LogP contribution in [-0.4, -0.2) is 11.7 Å². The summed E-state index contributed by atoms with van der Waals surface area (Å²) in [7, 11) is 0. The summed E-state index contributed by atoms with van der Waals surface area (Å²) >= 11 is 0. The fourth-order valence-electron chi connectivity index (χ4n) is 2.13. The van der Waals surface area contributed by atoms with E-state index in [1.54, 1.807) is 0 Å². The summed E-state index contributed by atoms with van der Waals surface area (Å²) in [6.07, 6.45) is 4.28. The van der Waals surface area contributed by atoms with Gasteiger partial charge in [-0.15, -0.1) is 0 Å². The molecule has 0 unspecified atom stereocenters. The maximum absolute atomic E-state index is 13.8. The van der Waals surface area contributed by atoms with Gasteiger partial charge in [-0.2, -0.15) is 0 Å². The van der Waals surface area contributed by atoms with Crippen LogP contribution in [0.25, 0.3) is 0 Å². The molecule has 0 aromatic heterocycles. The van der Waals surface area contributed by atoms with Crippen LogP contribution in [0.4, 0.5) is 4.39 Å². The second kappa shape index (κ2) is 4.09. The first kappa shape index (κ1) is 9.66. The fraction of sp³-hybridized carbons (Fsp3) is 0.500. The first-order chi connectivity index (χ1) is 6.83. The van der Waals surface area contributed by atoms with Gasteiger partial charge in [-0.05, 0) is 48.8 Å². The Balaban J connectivity index is 2.26. The summed E-state index contributed by atoms with van der Waals surface area (Å²) in [5.41, 5.74) is 2.86. The van der Waals surface area contributed by atoms with Gasteiger partial charge < -0.3 is 5.11 Å². The zero-order valence-corrected chi connectivity index (χ0v) is 8.22. The molecule has 0 saturated carbocycles. The number of hydrogen-bond acceptors (Lipinski definition) is 1. The highest BCUT2D eigenvalue weighted by atomic mass is 19.1. The first-order valence-corrected chi connectivity index (χ1v) is 5.23. The van der Waals surface area contributed by atoms with Crippen LogP contribution < -0.4 is 0 Å². The van der Waals surface area contributed by atoms with Crippen molar-refractivity contribution in [3.63, 3.8) is 0 Å². The molecule has 0 saturated heterocycles. The van der Waals surface area contributed by atoms with E-state index in [0.29, 0.717) is 12.8 Å². The Morgan fingerprint density at radius 2 is 2.14 bits per heavy atom. The van der Waals surface area contributed by atoms with Crippen molar-refractivity contribution in [3.05, 3.63) is 34.6 Å². The Labute approximate surface area is 83.6 Å². The maximum Gasteiger partial charge on any atom is 0.129 e. The third-order valence-corrected chi connectivity index (χ3v) is 2.90. The molecule has 1 aromatic rings. The van der Waals surface area contributed by atoms with E-state index in [0.717, 1.165) is 30.4 Å². The molecule has 0 heterocycles. The van der Waals surface area contributed by atoms with E-state index in [4.69, 9.17) is 5.11 Å². The van der Waals surface area contributed by atoms with Crippen LogP contribution in [0.2, 0.25) is 0 Å². The van der Waals surface area contributed by atoms with E-state index in [1.807, 2.05) is 12.1 Å². The van der Waals surface area contributed by atoms with Crippen molar-refractivity contribution in [2.75, 3.05) is 6.61 Å². The first-order valence-electron chi connectivity index (χ1n) is 5.23. The van der Waals surface area contributed by atoms with Gasteiger partial charge in [0.25, 0.3) is 0 Å². The zero-order chi connectivity index (χ0) is 9.97. The molecule has 1 aliphatic carbocycles. The smallest absolute Gasteiger partial charge is 0.129 e. The van der Waals surface area contributed by atoms with Crippen LogP contribution in [0.1, 0.15) is 29.5 Å². The number of benzene rings is 1. The highest BCUT2D eigenvalue weighted by Crippen LogP contribution is 2.27. The lowest BCUT2D eigenvalue weighted by atomic mass is 10.0. The van der Waals surface area contributed by atoms with Crippen LogP contribution in [0.5, 0.6) is 0 Å². The Kier molecular flexibility index (Phi) is 2.82. The van der Waals surface area contributed by atoms with Crippen molar-refractivity contribution >= 4 is 0 Å². The number of halogens is 1.